The van der Waals surface area contributed by atoms with Crippen LogP contribution in [0.25, 0.3) is 0 Å². The monoisotopic (exact) mass is 308 g/mol. The van der Waals surface area contributed by atoms with Gasteiger partial charge in [-0.3, -0.25) is 0 Å². The van der Waals surface area contributed by atoms with Crippen LogP contribution in [0, 0.1) is 6.92 Å². The van der Waals surface area contributed by atoms with Crippen molar-refractivity contribution in [3.8, 4) is 0 Å². The van der Waals surface area contributed by atoms with Crippen LogP contribution >= 0.6 is 0 Å². The standard InChI is InChI=1S/C14H20N4O2S/c1-12-10-13(15)4-5-14(12)21(19,20)17-6-2-3-8-18-9-7-16-11-18/h4-5,7,9-11,17H,2-3,6,8,15H2,1H3. The van der Waals surface area contributed by atoms with Crippen molar-refractivity contribution in [2.75, 3.05) is 12.3 Å². The maximum Gasteiger partial charge on any atom is 0.240 e. The number of nitrogens with zero attached hydrogens (tertiary/aromatic N) is 2. The van der Waals surface area contributed by atoms with Crippen LogP contribution in [0.2, 0.25) is 0 Å². The minimum absolute atomic E-state index is 0.284. The molecule has 1 aromatic carbocycles. The summed E-state index contributed by atoms with van der Waals surface area (Å²) in [6.45, 7) is 2.99. The van der Waals surface area contributed by atoms with Gasteiger partial charge in [-0.25, -0.2) is 18.1 Å². The van der Waals surface area contributed by atoms with Crippen LogP contribution in [0.1, 0.15) is 18.4 Å². The van der Waals surface area contributed by atoms with Crippen molar-refractivity contribution in [1.82, 2.24) is 14.3 Å². The van der Waals surface area contributed by atoms with Gasteiger partial charge in [-0.15, -0.1) is 0 Å². The van der Waals surface area contributed by atoms with Gasteiger partial charge in [-0.05, 0) is 43.5 Å². The number of nitrogen functional groups attached to an aromatic ring is 1. The zero-order valence-electron chi connectivity index (χ0n) is 12.0. The minimum atomic E-state index is -3.47. The van der Waals surface area contributed by atoms with Crippen LogP contribution in [-0.2, 0) is 16.6 Å². The van der Waals surface area contributed by atoms with Crippen molar-refractivity contribution in [2.45, 2.75) is 31.2 Å². The zero-order chi connectivity index (χ0) is 15.3. The second-order valence-electron chi connectivity index (χ2n) is 4.93. The fourth-order valence-corrected chi connectivity index (χ4v) is 3.40. The van der Waals surface area contributed by atoms with Crippen molar-refractivity contribution in [3.05, 3.63) is 42.5 Å². The first kappa shape index (κ1) is 15.5. The molecule has 0 spiro atoms. The Bertz CT molecular complexity index is 681. The number of nitrogens with two attached hydrogens (primary N) is 1. The molecular formula is C14H20N4O2S. The summed E-state index contributed by atoms with van der Waals surface area (Å²) in [5, 5.41) is 0. The lowest BCUT2D eigenvalue weighted by atomic mass is 10.2. The van der Waals surface area contributed by atoms with Gasteiger partial charge in [-0.1, -0.05) is 0 Å². The maximum absolute atomic E-state index is 12.2. The normalized spacial score (nSPS) is 11.7. The van der Waals surface area contributed by atoms with Crippen LogP contribution in [0.5, 0.6) is 0 Å². The van der Waals surface area contributed by atoms with E-state index in [4.69, 9.17) is 5.73 Å². The number of imidazole rings is 1. The predicted molar refractivity (Wildman–Crippen MR) is 82.2 cm³/mol. The molecule has 2 aromatic rings. The van der Waals surface area contributed by atoms with Crippen LogP contribution in [0.15, 0.2) is 41.8 Å². The van der Waals surface area contributed by atoms with Crippen LogP contribution in [-0.4, -0.2) is 24.5 Å². The lowest BCUT2D eigenvalue weighted by molar-refractivity contribution is 0.565. The molecule has 0 amide bonds. The molecule has 7 heteroatoms. The van der Waals surface area contributed by atoms with E-state index in [9.17, 15) is 8.42 Å². The first-order valence-corrected chi connectivity index (χ1v) is 8.29. The molecule has 0 saturated carbocycles. The van der Waals surface area contributed by atoms with Gasteiger partial charge < -0.3 is 10.3 Å². The Morgan fingerprint density at radius 2 is 2.14 bits per heavy atom. The summed E-state index contributed by atoms with van der Waals surface area (Å²) in [7, 11) is -3.47. The molecule has 0 aliphatic heterocycles. The smallest absolute Gasteiger partial charge is 0.240 e. The Balaban J connectivity index is 1.84. The minimum Gasteiger partial charge on any atom is -0.399 e. The number of sulfonamides is 1. The molecule has 6 nitrogen and oxygen atoms in total. The van der Waals surface area contributed by atoms with Crippen molar-refractivity contribution in [2.24, 2.45) is 0 Å². The number of rotatable bonds is 7. The number of benzene rings is 1. The van der Waals surface area contributed by atoms with Crippen LogP contribution < -0.4 is 10.5 Å². The van der Waals surface area contributed by atoms with Gasteiger partial charge in [0.05, 0.1) is 11.2 Å². The molecule has 1 heterocycles. The predicted octanol–water partition coefficient (Wildman–Crippen LogP) is 1.53. The highest BCUT2D eigenvalue weighted by Crippen LogP contribution is 2.17. The average Bonchev–Trinajstić information content (AvgIpc) is 2.91. The fourth-order valence-electron chi connectivity index (χ4n) is 2.10. The summed E-state index contributed by atoms with van der Waals surface area (Å²) in [5.41, 5.74) is 6.85. The largest absolute Gasteiger partial charge is 0.399 e. The van der Waals surface area contributed by atoms with Gasteiger partial charge in [0.15, 0.2) is 0 Å². The highest BCUT2D eigenvalue weighted by Gasteiger charge is 2.15. The van der Waals surface area contributed by atoms with Gasteiger partial charge >= 0.3 is 0 Å². The molecule has 114 valence electrons. The second kappa shape index (κ2) is 6.73. The Morgan fingerprint density at radius 1 is 1.33 bits per heavy atom. The number of nitrogens with one attached hydrogen (secondary N) is 1. The molecule has 0 saturated heterocycles. The van der Waals surface area contributed by atoms with E-state index in [0.717, 1.165) is 19.4 Å². The lowest BCUT2D eigenvalue weighted by Gasteiger charge is -2.10. The molecule has 0 fully saturated rings. The van der Waals surface area contributed by atoms with E-state index < -0.39 is 10.0 Å². The fraction of sp³-hybridized carbons (Fsp3) is 0.357. The summed E-state index contributed by atoms with van der Waals surface area (Å²) >= 11 is 0. The molecule has 1 aromatic heterocycles. The molecule has 0 atom stereocenters. The van der Waals surface area contributed by atoms with Gasteiger partial charge in [0.1, 0.15) is 0 Å². The number of aromatic nitrogens is 2. The maximum atomic E-state index is 12.2. The third-order valence-corrected chi connectivity index (χ3v) is 4.80. The van der Waals surface area contributed by atoms with Crippen molar-refractivity contribution in [3.63, 3.8) is 0 Å². The van der Waals surface area contributed by atoms with Crippen molar-refractivity contribution < 1.29 is 8.42 Å². The molecule has 2 rings (SSSR count). The Hall–Kier alpha value is -1.86. The number of aryl methyl sites for hydroxylation is 2. The molecule has 0 aliphatic carbocycles. The molecule has 0 bridgehead atoms. The van der Waals surface area contributed by atoms with Crippen LogP contribution in [0.3, 0.4) is 0 Å². The Labute approximate surface area is 125 Å². The first-order chi connectivity index (χ1) is 9.99. The average molecular weight is 308 g/mol. The van der Waals surface area contributed by atoms with E-state index in [0.29, 0.717) is 17.8 Å². The zero-order valence-corrected chi connectivity index (χ0v) is 12.8. The summed E-state index contributed by atoms with van der Waals surface area (Å²) in [6, 6.07) is 4.80. The lowest BCUT2D eigenvalue weighted by Crippen LogP contribution is -2.25. The van der Waals surface area contributed by atoms with Gasteiger partial charge in [0, 0.05) is 31.2 Å². The molecule has 0 unspecified atom stereocenters. The van der Waals surface area contributed by atoms with Crippen molar-refractivity contribution >= 4 is 15.7 Å². The molecule has 3 N–H and O–H groups in total. The first-order valence-electron chi connectivity index (χ1n) is 6.80. The number of unbranched alkanes of at least 4 members (excludes halogenated alkanes) is 1. The summed E-state index contributed by atoms with van der Waals surface area (Å²) in [6.07, 6.45) is 7.03. The van der Waals surface area contributed by atoms with Crippen LogP contribution in [0.4, 0.5) is 5.69 Å². The second-order valence-corrected chi connectivity index (χ2v) is 6.67. The van der Waals surface area contributed by atoms with E-state index in [1.165, 1.54) is 0 Å². The molecule has 0 radical (unpaired) electrons. The highest BCUT2D eigenvalue weighted by molar-refractivity contribution is 7.89. The Kier molecular flexibility index (Phi) is 4.98. The van der Waals surface area contributed by atoms with E-state index in [1.807, 2.05) is 10.8 Å². The third-order valence-electron chi connectivity index (χ3n) is 3.18. The number of hydrogen-bond donors (Lipinski definition) is 2. The van der Waals surface area contributed by atoms with E-state index in [-0.39, 0.29) is 4.90 Å². The SMILES string of the molecule is Cc1cc(N)ccc1S(=O)(=O)NCCCCn1ccnc1. The highest BCUT2D eigenvalue weighted by atomic mass is 32.2. The van der Waals surface area contributed by atoms with E-state index in [1.54, 1.807) is 37.6 Å². The molecule has 0 aliphatic rings. The molecule has 21 heavy (non-hydrogen) atoms. The summed E-state index contributed by atoms with van der Waals surface area (Å²) in [4.78, 5) is 4.24. The van der Waals surface area contributed by atoms with Gasteiger partial charge in [-0.2, -0.15) is 0 Å². The number of anilines is 1. The summed E-state index contributed by atoms with van der Waals surface area (Å²) < 4.78 is 29.0. The van der Waals surface area contributed by atoms with E-state index >= 15 is 0 Å². The summed E-state index contributed by atoms with van der Waals surface area (Å²) in [5.74, 6) is 0. The quantitative estimate of drug-likeness (QED) is 0.599. The van der Waals surface area contributed by atoms with Crippen molar-refractivity contribution in [1.29, 1.82) is 0 Å². The molecular weight excluding hydrogens is 288 g/mol. The topological polar surface area (TPSA) is 90.0 Å². The van der Waals surface area contributed by atoms with Gasteiger partial charge in [0.2, 0.25) is 10.0 Å². The van der Waals surface area contributed by atoms with E-state index in [2.05, 4.69) is 9.71 Å². The third kappa shape index (κ3) is 4.30. The Morgan fingerprint density at radius 3 is 2.81 bits per heavy atom. The van der Waals surface area contributed by atoms with Gasteiger partial charge in [0.25, 0.3) is 0 Å². The number of hydrogen-bond acceptors (Lipinski definition) is 4.